The molecule has 6 heteroatoms. The quantitative estimate of drug-likeness (QED) is 0.530. The Hall–Kier alpha value is -1.40. The third kappa shape index (κ3) is 6.40. The molecular weight excluding hydrogens is 344 g/mol. The molecule has 1 aromatic carbocycles. The first-order valence-corrected chi connectivity index (χ1v) is 11.2. The van der Waals surface area contributed by atoms with Gasteiger partial charge in [0, 0.05) is 36.8 Å². The maximum atomic E-state index is 12.3. The lowest BCUT2D eigenvalue weighted by Gasteiger charge is -2.24. The first-order valence-electron chi connectivity index (χ1n) is 9.86. The fraction of sp³-hybridized carbons (Fsp3) is 0.650. The minimum atomic E-state index is -0.983. The van der Waals surface area contributed by atoms with Gasteiger partial charge in [0.25, 0.3) is 0 Å². The van der Waals surface area contributed by atoms with Gasteiger partial charge in [0.2, 0.25) is 0 Å². The number of nitrogens with one attached hydrogen (secondary N) is 1. The van der Waals surface area contributed by atoms with E-state index < -0.39 is 10.8 Å². The summed E-state index contributed by atoms with van der Waals surface area (Å²) in [6.45, 7) is 13.5. The fourth-order valence-corrected chi connectivity index (χ4v) is 4.32. The molecule has 2 unspecified atom stereocenters. The predicted molar refractivity (Wildman–Crippen MR) is 111 cm³/mol. The van der Waals surface area contributed by atoms with Crippen LogP contribution in [0.1, 0.15) is 27.2 Å². The molecule has 1 aliphatic rings. The zero-order valence-corrected chi connectivity index (χ0v) is 17.3. The minimum Gasteiger partial charge on any atom is -0.357 e. The molecule has 1 fully saturated rings. The van der Waals surface area contributed by atoms with Crippen LogP contribution in [0.2, 0.25) is 0 Å². The first kappa shape index (κ1) is 20.9. The predicted octanol–water partition coefficient (Wildman–Crippen LogP) is 2.42. The van der Waals surface area contributed by atoms with Crippen molar-refractivity contribution < 1.29 is 4.21 Å². The Morgan fingerprint density at radius 3 is 2.65 bits per heavy atom. The maximum Gasteiger partial charge on any atom is 0.193 e. The highest BCUT2D eigenvalue weighted by molar-refractivity contribution is 7.85. The second-order valence-corrected chi connectivity index (χ2v) is 8.26. The van der Waals surface area contributed by atoms with E-state index in [1.54, 1.807) is 0 Å². The first-order chi connectivity index (χ1) is 12.7. The molecule has 146 valence electrons. The van der Waals surface area contributed by atoms with E-state index in [4.69, 9.17) is 4.99 Å². The molecule has 0 bridgehead atoms. The van der Waals surface area contributed by atoms with Gasteiger partial charge in [-0.05, 0) is 44.5 Å². The molecule has 1 aliphatic heterocycles. The van der Waals surface area contributed by atoms with Crippen molar-refractivity contribution >= 4 is 16.8 Å². The summed E-state index contributed by atoms with van der Waals surface area (Å²) >= 11 is 0. The number of nitrogens with zero attached hydrogens (tertiary/aromatic N) is 3. The monoisotopic (exact) mass is 378 g/mol. The van der Waals surface area contributed by atoms with Crippen LogP contribution in [0, 0.1) is 5.92 Å². The number of rotatable bonds is 9. The van der Waals surface area contributed by atoms with Crippen LogP contribution in [0.3, 0.4) is 0 Å². The average Bonchev–Trinajstić information content (AvgIpc) is 3.14. The summed E-state index contributed by atoms with van der Waals surface area (Å²) in [6, 6.07) is 9.65. The lowest BCUT2D eigenvalue weighted by molar-refractivity contribution is 0.255. The SMILES string of the molecule is CCNC(=NCCS(=O)c1ccccc1)N1CCC(CN(CC)CC)C1. The van der Waals surface area contributed by atoms with Gasteiger partial charge < -0.3 is 15.1 Å². The van der Waals surface area contributed by atoms with Crippen molar-refractivity contribution in [2.45, 2.75) is 32.1 Å². The van der Waals surface area contributed by atoms with Gasteiger partial charge in [-0.25, -0.2) is 0 Å². The Morgan fingerprint density at radius 1 is 1.27 bits per heavy atom. The standard InChI is InChI=1S/C20H34N4OS/c1-4-21-20(22-13-15-26(25)19-10-8-7-9-11-19)24-14-12-18(17-24)16-23(5-2)6-3/h7-11,18H,4-6,12-17H2,1-3H3,(H,21,22). The van der Waals surface area contributed by atoms with E-state index in [0.717, 1.165) is 43.6 Å². The fourth-order valence-electron chi connectivity index (χ4n) is 3.37. The van der Waals surface area contributed by atoms with Crippen molar-refractivity contribution in [1.29, 1.82) is 0 Å². The van der Waals surface area contributed by atoms with Crippen LogP contribution in [0.15, 0.2) is 40.2 Å². The zero-order valence-electron chi connectivity index (χ0n) is 16.5. The summed E-state index contributed by atoms with van der Waals surface area (Å²) in [5, 5.41) is 3.40. The normalized spacial score (nSPS) is 19.2. The van der Waals surface area contributed by atoms with E-state index in [2.05, 4.69) is 35.9 Å². The zero-order chi connectivity index (χ0) is 18.8. The van der Waals surface area contributed by atoms with Gasteiger partial charge in [-0.1, -0.05) is 32.0 Å². The Bertz CT molecular complexity index is 574. The maximum absolute atomic E-state index is 12.3. The topological polar surface area (TPSA) is 47.9 Å². The molecule has 1 heterocycles. The van der Waals surface area contributed by atoms with E-state index in [-0.39, 0.29) is 0 Å². The third-order valence-corrected chi connectivity index (χ3v) is 6.23. The van der Waals surface area contributed by atoms with Gasteiger partial charge in [-0.15, -0.1) is 0 Å². The van der Waals surface area contributed by atoms with Crippen molar-refractivity contribution in [2.24, 2.45) is 10.9 Å². The molecule has 0 spiro atoms. The highest BCUT2D eigenvalue weighted by atomic mass is 32.2. The Morgan fingerprint density at radius 2 is 2.00 bits per heavy atom. The van der Waals surface area contributed by atoms with Crippen molar-refractivity contribution in [3.8, 4) is 0 Å². The van der Waals surface area contributed by atoms with Crippen molar-refractivity contribution in [2.75, 3.05) is 51.6 Å². The number of hydrogen-bond acceptors (Lipinski definition) is 3. The molecule has 1 aromatic rings. The largest absolute Gasteiger partial charge is 0.357 e. The van der Waals surface area contributed by atoms with Gasteiger partial charge in [0.15, 0.2) is 5.96 Å². The lowest BCUT2D eigenvalue weighted by Crippen LogP contribution is -2.41. The highest BCUT2D eigenvalue weighted by Gasteiger charge is 2.25. The number of benzene rings is 1. The van der Waals surface area contributed by atoms with Crippen molar-refractivity contribution in [3.63, 3.8) is 0 Å². The summed E-state index contributed by atoms with van der Waals surface area (Å²) in [6.07, 6.45) is 1.22. The molecule has 26 heavy (non-hydrogen) atoms. The molecule has 0 aliphatic carbocycles. The summed E-state index contributed by atoms with van der Waals surface area (Å²) in [4.78, 5) is 10.5. The van der Waals surface area contributed by atoms with Crippen LogP contribution < -0.4 is 5.32 Å². The van der Waals surface area contributed by atoms with Crippen LogP contribution in [0.25, 0.3) is 0 Å². The number of hydrogen-bond donors (Lipinski definition) is 1. The molecule has 2 rings (SSSR count). The van der Waals surface area contributed by atoms with E-state index in [1.807, 2.05) is 30.3 Å². The molecular formula is C20H34N4OS. The van der Waals surface area contributed by atoms with Gasteiger partial charge in [-0.3, -0.25) is 9.20 Å². The molecule has 0 aromatic heterocycles. The van der Waals surface area contributed by atoms with Gasteiger partial charge in [0.1, 0.15) is 0 Å². The summed E-state index contributed by atoms with van der Waals surface area (Å²) in [5.41, 5.74) is 0. The molecule has 0 saturated carbocycles. The molecule has 1 N–H and O–H groups in total. The number of likely N-dealkylation sites (tertiary alicyclic amines) is 1. The van der Waals surface area contributed by atoms with E-state index in [1.165, 1.54) is 13.0 Å². The van der Waals surface area contributed by atoms with Gasteiger partial charge >= 0.3 is 0 Å². The lowest BCUT2D eigenvalue weighted by atomic mass is 10.1. The summed E-state index contributed by atoms with van der Waals surface area (Å²) < 4.78 is 12.3. The van der Waals surface area contributed by atoms with Crippen molar-refractivity contribution in [3.05, 3.63) is 30.3 Å². The molecule has 2 atom stereocenters. The average molecular weight is 379 g/mol. The van der Waals surface area contributed by atoms with Gasteiger partial charge in [-0.2, -0.15) is 0 Å². The van der Waals surface area contributed by atoms with Crippen LogP contribution >= 0.6 is 0 Å². The van der Waals surface area contributed by atoms with Gasteiger partial charge in [0.05, 0.1) is 17.3 Å². The van der Waals surface area contributed by atoms with Crippen LogP contribution in [-0.4, -0.2) is 71.5 Å². The molecule has 1 saturated heterocycles. The molecule has 5 nitrogen and oxygen atoms in total. The Balaban J connectivity index is 1.87. The van der Waals surface area contributed by atoms with E-state index >= 15 is 0 Å². The van der Waals surface area contributed by atoms with Crippen LogP contribution in [-0.2, 0) is 10.8 Å². The summed E-state index contributed by atoms with van der Waals surface area (Å²) in [5.74, 6) is 2.24. The summed E-state index contributed by atoms with van der Waals surface area (Å²) in [7, 11) is -0.983. The number of guanidine groups is 1. The van der Waals surface area contributed by atoms with E-state index in [0.29, 0.717) is 18.2 Å². The Labute approximate surface area is 161 Å². The third-order valence-electron chi connectivity index (χ3n) is 4.88. The smallest absolute Gasteiger partial charge is 0.193 e. The number of aliphatic imine (C=N–C) groups is 1. The van der Waals surface area contributed by atoms with Crippen molar-refractivity contribution in [1.82, 2.24) is 15.1 Å². The minimum absolute atomic E-state index is 0.565. The highest BCUT2D eigenvalue weighted by Crippen LogP contribution is 2.17. The van der Waals surface area contributed by atoms with Crippen LogP contribution in [0.5, 0.6) is 0 Å². The molecule has 0 amide bonds. The van der Waals surface area contributed by atoms with E-state index in [9.17, 15) is 4.21 Å². The Kier molecular flexibility index (Phi) is 9.12. The second-order valence-electron chi connectivity index (χ2n) is 6.68. The second kappa shape index (κ2) is 11.3. The van der Waals surface area contributed by atoms with Crippen LogP contribution in [0.4, 0.5) is 0 Å². The molecule has 0 radical (unpaired) electrons.